The summed E-state index contributed by atoms with van der Waals surface area (Å²) in [6.45, 7) is 22.1. The summed E-state index contributed by atoms with van der Waals surface area (Å²) < 4.78 is 48.6. The van der Waals surface area contributed by atoms with Crippen molar-refractivity contribution in [1.82, 2.24) is 0 Å². The van der Waals surface area contributed by atoms with Crippen LogP contribution in [0.15, 0.2) is 12.1 Å². The van der Waals surface area contributed by atoms with E-state index in [-0.39, 0.29) is 47.8 Å². The number of hydrogen-bond acceptors (Lipinski definition) is 4. The maximum absolute atomic E-state index is 15.8. The number of phenols is 1. The lowest BCUT2D eigenvalue weighted by molar-refractivity contribution is 0.101. The van der Waals surface area contributed by atoms with Crippen LogP contribution in [-0.2, 0) is 44.1 Å². The van der Waals surface area contributed by atoms with Crippen molar-refractivity contribution >= 4 is 19.0 Å². The number of fused-ring (bicyclic) bond motifs is 1. The molecule has 1 heterocycles. The van der Waals surface area contributed by atoms with Gasteiger partial charge in [0, 0.05) is 17.7 Å². The van der Waals surface area contributed by atoms with E-state index < -0.39 is 24.4 Å². The first-order valence-electron chi connectivity index (χ1n) is 13.4. The molecule has 0 bridgehead atoms. The summed E-state index contributed by atoms with van der Waals surface area (Å²) in [7, 11) is -1.62. The fourth-order valence-electron chi connectivity index (χ4n) is 4.78. The van der Waals surface area contributed by atoms with Crippen molar-refractivity contribution in [3.63, 3.8) is 0 Å². The van der Waals surface area contributed by atoms with Crippen molar-refractivity contribution in [2.24, 2.45) is 0 Å². The lowest BCUT2D eigenvalue weighted by atomic mass is 9.76. The molecule has 8 heteroatoms. The molecule has 4 nitrogen and oxygen atoms in total. The van der Waals surface area contributed by atoms with E-state index in [0.717, 1.165) is 5.56 Å². The summed E-state index contributed by atoms with van der Waals surface area (Å²) in [5.41, 5.74) is 1.46. The number of hydrogen-bond donors (Lipinski definition) is 1. The minimum atomic E-state index is -1.62. The average molecular weight is 585 g/mol. The smallest absolute Gasteiger partial charge is 0.338 e. The first-order valence-corrected chi connectivity index (χ1v) is 15.5. The summed E-state index contributed by atoms with van der Waals surface area (Å²) in [6.07, 6.45) is 0.476. The number of aromatic hydroxyl groups is 1. The van der Waals surface area contributed by atoms with Crippen LogP contribution in [0, 0.1) is 11.6 Å². The largest absolute Gasteiger partial charge is 0.507 e. The number of ether oxygens (including phenoxy) is 1. The summed E-state index contributed by atoms with van der Waals surface area (Å²) >= 11 is 6.11. The Balaban J connectivity index is 1.88. The zero-order valence-corrected chi connectivity index (χ0v) is 26.9. The SMILES string of the molecule is CC(C)(C)c1cc(C(C)(C)C)c(F)c(COCCC(C)(C)c2cc(C(C)(C)C)c3c(c2F)COP(Cl)O3)c1O. The van der Waals surface area contributed by atoms with Gasteiger partial charge in [0.25, 0.3) is 0 Å². The van der Waals surface area contributed by atoms with Crippen LogP contribution in [0.3, 0.4) is 0 Å². The Morgan fingerprint density at radius 2 is 1.38 bits per heavy atom. The Bertz CT molecular complexity index is 1190. The Kier molecular flexibility index (Phi) is 9.11. The predicted octanol–water partition coefficient (Wildman–Crippen LogP) is 9.82. The number of phenolic OH excluding ortho intramolecular Hbond substituents is 1. The van der Waals surface area contributed by atoms with Gasteiger partial charge in [0.05, 0.1) is 24.3 Å². The molecule has 0 aromatic heterocycles. The first kappa shape index (κ1) is 32.1. The molecule has 0 spiro atoms. The van der Waals surface area contributed by atoms with Crippen LogP contribution in [0.2, 0.25) is 0 Å². The monoisotopic (exact) mass is 584 g/mol. The standard InChI is InChI=1S/C31H44ClF2O4P/c1-28(2,3)20-14-22(29(4,5)6)26(35)18(24(20)33)16-36-13-12-31(10,11)21-15-23(30(7,8)9)27-19(25(21)34)17-37-39(32)38-27/h14-15,35H,12-13,16-17H2,1-11H3. The van der Waals surface area contributed by atoms with Gasteiger partial charge in [-0.05, 0) is 62.6 Å². The van der Waals surface area contributed by atoms with Gasteiger partial charge in [-0.3, -0.25) is 0 Å². The maximum Gasteiger partial charge on any atom is 0.338 e. The Morgan fingerprint density at radius 1 is 0.846 bits per heavy atom. The van der Waals surface area contributed by atoms with Gasteiger partial charge in [0.15, 0.2) is 0 Å². The molecule has 0 saturated heterocycles. The van der Waals surface area contributed by atoms with Crippen LogP contribution in [-0.4, -0.2) is 11.7 Å². The lowest BCUT2D eigenvalue weighted by Gasteiger charge is -2.33. The topological polar surface area (TPSA) is 47.9 Å². The van der Waals surface area contributed by atoms with Gasteiger partial charge in [-0.25, -0.2) is 8.78 Å². The molecule has 39 heavy (non-hydrogen) atoms. The molecule has 2 aromatic carbocycles. The minimum Gasteiger partial charge on any atom is -0.507 e. The summed E-state index contributed by atoms with van der Waals surface area (Å²) in [6, 6.07) is 3.64. The summed E-state index contributed by atoms with van der Waals surface area (Å²) in [4.78, 5) is 0. The Hall–Kier alpha value is -1.46. The van der Waals surface area contributed by atoms with E-state index in [1.807, 2.05) is 82.2 Å². The quantitative estimate of drug-likeness (QED) is 0.271. The molecule has 0 aliphatic carbocycles. The molecule has 1 unspecified atom stereocenters. The van der Waals surface area contributed by atoms with Crippen LogP contribution < -0.4 is 4.52 Å². The van der Waals surface area contributed by atoms with E-state index in [1.165, 1.54) is 0 Å². The molecule has 1 atom stereocenters. The van der Waals surface area contributed by atoms with E-state index in [2.05, 4.69) is 0 Å². The third kappa shape index (κ3) is 6.89. The molecule has 1 aliphatic heterocycles. The summed E-state index contributed by atoms with van der Waals surface area (Å²) in [5, 5.41) is 11.0. The van der Waals surface area contributed by atoms with E-state index in [0.29, 0.717) is 34.4 Å². The minimum absolute atomic E-state index is 0.0542. The van der Waals surface area contributed by atoms with E-state index >= 15 is 8.78 Å². The van der Waals surface area contributed by atoms with Crippen molar-refractivity contribution in [2.75, 3.05) is 6.61 Å². The zero-order chi connectivity index (χ0) is 29.7. The van der Waals surface area contributed by atoms with E-state index in [9.17, 15) is 5.11 Å². The molecule has 218 valence electrons. The Morgan fingerprint density at radius 3 is 1.92 bits per heavy atom. The van der Waals surface area contributed by atoms with Gasteiger partial charge in [0.1, 0.15) is 23.1 Å². The van der Waals surface area contributed by atoms with Gasteiger partial charge >= 0.3 is 7.73 Å². The van der Waals surface area contributed by atoms with Gasteiger partial charge in [-0.15, -0.1) is 0 Å². The van der Waals surface area contributed by atoms with Gasteiger partial charge in [-0.1, -0.05) is 76.2 Å². The molecule has 0 amide bonds. The van der Waals surface area contributed by atoms with Crippen LogP contribution in [0.5, 0.6) is 11.5 Å². The summed E-state index contributed by atoms with van der Waals surface area (Å²) in [5.74, 6) is -0.397. The van der Waals surface area contributed by atoms with Crippen molar-refractivity contribution in [3.05, 3.63) is 57.1 Å². The number of halogens is 3. The molecule has 0 radical (unpaired) electrons. The molecule has 2 aromatic rings. The van der Waals surface area contributed by atoms with Gasteiger partial charge in [-0.2, -0.15) is 0 Å². The van der Waals surface area contributed by atoms with Crippen molar-refractivity contribution in [1.29, 1.82) is 0 Å². The number of benzene rings is 2. The first-order chi connectivity index (χ1) is 17.7. The van der Waals surface area contributed by atoms with Crippen LogP contribution >= 0.6 is 19.0 Å². The molecule has 1 N–H and O–H groups in total. The molecule has 3 rings (SSSR count). The average Bonchev–Trinajstić information content (AvgIpc) is 2.75. The van der Waals surface area contributed by atoms with Crippen molar-refractivity contribution < 1.29 is 27.7 Å². The van der Waals surface area contributed by atoms with Gasteiger partial charge in [0.2, 0.25) is 0 Å². The van der Waals surface area contributed by atoms with E-state index in [1.54, 1.807) is 6.07 Å². The maximum atomic E-state index is 15.8. The fourth-order valence-corrected chi connectivity index (χ4v) is 5.77. The zero-order valence-electron chi connectivity index (χ0n) is 25.2. The van der Waals surface area contributed by atoms with Crippen LogP contribution in [0.4, 0.5) is 8.78 Å². The Labute approximate surface area is 239 Å². The normalized spacial score (nSPS) is 16.7. The van der Waals surface area contributed by atoms with Crippen molar-refractivity contribution in [3.8, 4) is 11.5 Å². The van der Waals surface area contributed by atoms with Crippen LogP contribution in [0.25, 0.3) is 0 Å². The molecule has 1 aliphatic rings. The molecular weight excluding hydrogens is 541 g/mol. The second-order valence-corrected chi connectivity index (χ2v) is 15.9. The highest BCUT2D eigenvalue weighted by atomic mass is 35.7. The van der Waals surface area contributed by atoms with E-state index in [4.69, 9.17) is 25.0 Å². The lowest BCUT2D eigenvalue weighted by Crippen LogP contribution is -2.26. The second kappa shape index (κ2) is 11.1. The molecule has 0 saturated carbocycles. The predicted molar refractivity (Wildman–Crippen MR) is 156 cm³/mol. The highest BCUT2D eigenvalue weighted by Crippen LogP contribution is 2.54. The van der Waals surface area contributed by atoms with Crippen molar-refractivity contribution in [2.45, 2.75) is 117 Å². The highest BCUT2D eigenvalue weighted by molar-refractivity contribution is 7.76. The van der Waals surface area contributed by atoms with Crippen LogP contribution in [0.1, 0.15) is 116 Å². The third-order valence-corrected chi connectivity index (χ3v) is 8.54. The highest BCUT2D eigenvalue weighted by Gasteiger charge is 2.36. The second-order valence-electron chi connectivity index (χ2n) is 14.2. The third-order valence-electron chi connectivity index (χ3n) is 7.38. The van der Waals surface area contributed by atoms with Gasteiger partial charge < -0.3 is 18.9 Å². The number of rotatable bonds is 6. The molecule has 0 fully saturated rings. The molecular formula is C31H44ClF2O4P. The fraction of sp³-hybridized carbons (Fsp3) is 0.613.